The lowest BCUT2D eigenvalue weighted by Crippen LogP contribution is -2.13. The van der Waals surface area contributed by atoms with E-state index in [1.807, 2.05) is 20.0 Å². The minimum absolute atomic E-state index is 0.266. The molecule has 0 bridgehead atoms. The first-order chi connectivity index (χ1) is 14.1. The molecule has 0 unspecified atom stereocenters. The molecule has 9 heteroatoms. The lowest BCUT2D eigenvalue weighted by molar-refractivity contribution is 0.102. The van der Waals surface area contributed by atoms with Crippen molar-refractivity contribution < 1.29 is 9.21 Å². The highest BCUT2D eigenvalue weighted by atomic mass is 32.1. The van der Waals surface area contributed by atoms with E-state index in [1.54, 1.807) is 23.1 Å². The molecule has 0 aromatic carbocycles. The number of nitrogens with zero attached hydrogens (tertiary/aromatic N) is 5. The van der Waals surface area contributed by atoms with E-state index in [1.165, 1.54) is 11.3 Å². The molecule has 0 atom stereocenters. The molecule has 4 rings (SSSR count). The van der Waals surface area contributed by atoms with Gasteiger partial charge in [0.15, 0.2) is 11.4 Å². The second-order valence-electron chi connectivity index (χ2n) is 6.85. The van der Waals surface area contributed by atoms with Gasteiger partial charge in [-0.1, -0.05) is 31.1 Å². The Morgan fingerprint density at radius 2 is 2.17 bits per heavy atom. The van der Waals surface area contributed by atoms with Crippen molar-refractivity contribution in [3.05, 3.63) is 40.7 Å². The molecule has 8 nitrogen and oxygen atoms in total. The van der Waals surface area contributed by atoms with Crippen LogP contribution >= 0.6 is 11.3 Å². The number of furan rings is 1. The molecule has 0 spiro atoms. The number of amides is 1. The van der Waals surface area contributed by atoms with Gasteiger partial charge in [0, 0.05) is 13.5 Å². The second kappa shape index (κ2) is 8.12. The van der Waals surface area contributed by atoms with Gasteiger partial charge in [-0.15, -0.1) is 10.2 Å². The van der Waals surface area contributed by atoms with Crippen LogP contribution in [0.15, 0.2) is 28.9 Å². The first-order valence-corrected chi connectivity index (χ1v) is 10.4. The van der Waals surface area contributed by atoms with Crippen molar-refractivity contribution in [1.29, 1.82) is 0 Å². The molecule has 29 heavy (non-hydrogen) atoms. The first kappa shape index (κ1) is 19.3. The van der Waals surface area contributed by atoms with Crippen LogP contribution in [0.25, 0.3) is 22.5 Å². The second-order valence-corrected chi connectivity index (χ2v) is 7.91. The molecule has 1 amide bonds. The van der Waals surface area contributed by atoms with E-state index >= 15 is 0 Å². The molecule has 0 fully saturated rings. The minimum Gasteiger partial charge on any atom is -0.463 e. The van der Waals surface area contributed by atoms with E-state index in [4.69, 9.17) is 4.42 Å². The maximum atomic E-state index is 13.1. The van der Waals surface area contributed by atoms with Crippen LogP contribution in [-0.2, 0) is 13.5 Å². The standard InChI is InChI=1S/C20H22N6O2S/c1-4-5-6-9-16-23-24-20(29-16)22-19(27)13-11-14(15-8-7-10-28-15)21-18-17(13)12(2)25-26(18)3/h7-8,10-11H,4-6,9H2,1-3H3,(H,22,24,27). The van der Waals surface area contributed by atoms with Crippen molar-refractivity contribution in [2.45, 2.75) is 39.5 Å². The van der Waals surface area contributed by atoms with Crippen LogP contribution in [0.3, 0.4) is 0 Å². The predicted octanol–water partition coefficient (Wildman–Crippen LogP) is 4.37. The third-order valence-electron chi connectivity index (χ3n) is 4.67. The highest BCUT2D eigenvalue weighted by Gasteiger charge is 2.21. The Balaban J connectivity index is 1.66. The van der Waals surface area contributed by atoms with Gasteiger partial charge in [-0.25, -0.2) is 4.98 Å². The Labute approximate surface area is 172 Å². The minimum atomic E-state index is -0.266. The van der Waals surface area contributed by atoms with Gasteiger partial charge in [0.05, 0.1) is 22.9 Å². The van der Waals surface area contributed by atoms with Gasteiger partial charge in [0.25, 0.3) is 5.91 Å². The van der Waals surface area contributed by atoms with Gasteiger partial charge < -0.3 is 4.42 Å². The van der Waals surface area contributed by atoms with Gasteiger partial charge in [-0.05, 0) is 31.5 Å². The summed E-state index contributed by atoms with van der Waals surface area (Å²) in [4.78, 5) is 17.7. The van der Waals surface area contributed by atoms with Crippen LogP contribution in [0, 0.1) is 6.92 Å². The SMILES string of the molecule is CCCCCc1nnc(NC(=O)c2cc(-c3ccco3)nc3c2c(C)nn3C)s1. The molecule has 150 valence electrons. The fourth-order valence-electron chi connectivity index (χ4n) is 3.27. The molecule has 1 N–H and O–H groups in total. The summed E-state index contributed by atoms with van der Waals surface area (Å²) in [7, 11) is 1.81. The number of carbonyl (C=O) groups is 1. The predicted molar refractivity (Wildman–Crippen MR) is 112 cm³/mol. The van der Waals surface area contributed by atoms with E-state index in [9.17, 15) is 4.79 Å². The quantitative estimate of drug-likeness (QED) is 0.454. The monoisotopic (exact) mass is 410 g/mol. The number of aryl methyl sites for hydroxylation is 3. The topological polar surface area (TPSA) is 98.7 Å². The summed E-state index contributed by atoms with van der Waals surface area (Å²) in [6, 6.07) is 5.33. The summed E-state index contributed by atoms with van der Waals surface area (Å²) in [5.41, 5.74) is 2.42. The molecule has 4 aromatic rings. The van der Waals surface area contributed by atoms with Crippen molar-refractivity contribution in [1.82, 2.24) is 25.0 Å². The molecule has 0 aliphatic carbocycles. The third-order valence-corrected chi connectivity index (χ3v) is 5.57. The summed E-state index contributed by atoms with van der Waals surface area (Å²) in [6.45, 7) is 4.03. The number of aromatic nitrogens is 5. The summed E-state index contributed by atoms with van der Waals surface area (Å²) in [5, 5.41) is 17.8. The van der Waals surface area contributed by atoms with E-state index in [0.717, 1.165) is 36.4 Å². The number of unbranched alkanes of at least 4 members (excludes halogenated alkanes) is 2. The molecule has 4 heterocycles. The number of carbonyl (C=O) groups excluding carboxylic acids is 1. The first-order valence-electron chi connectivity index (χ1n) is 9.58. The van der Waals surface area contributed by atoms with Gasteiger partial charge in [0.2, 0.25) is 5.13 Å². The van der Waals surface area contributed by atoms with E-state index < -0.39 is 0 Å². The Morgan fingerprint density at radius 3 is 2.93 bits per heavy atom. The molecule has 0 radical (unpaired) electrons. The Bertz CT molecular complexity index is 1150. The summed E-state index contributed by atoms with van der Waals surface area (Å²) < 4.78 is 7.15. The van der Waals surface area contributed by atoms with E-state index in [2.05, 4.69) is 32.5 Å². The van der Waals surface area contributed by atoms with Gasteiger partial charge >= 0.3 is 0 Å². The van der Waals surface area contributed by atoms with Crippen LogP contribution in [0.1, 0.15) is 47.2 Å². The Kier molecular flexibility index (Phi) is 5.39. The van der Waals surface area contributed by atoms with Crippen LogP contribution in [-0.4, -0.2) is 30.9 Å². The lowest BCUT2D eigenvalue weighted by Gasteiger charge is -2.06. The molecule has 0 aliphatic heterocycles. The van der Waals surface area contributed by atoms with Crippen LogP contribution in [0.4, 0.5) is 5.13 Å². The smallest absolute Gasteiger partial charge is 0.258 e. The zero-order valence-electron chi connectivity index (χ0n) is 16.6. The highest BCUT2D eigenvalue weighted by Crippen LogP contribution is 2.28. The van der Waals surface area contributed by atoms with Crippen LogP contribution in [0.2, 0.25) is 0 Å². The zero-order valence-corrected chi connectivity index (χ0v) is 17.4. The van der Waals surface area contributed by atoms with E-state index in [-0.39, 0.29) is 5.91 Å². The zero-order chi connectivity index (χ0) is 20.4. The van der Waals surface area contributed by atoms with Crippen molar-refractivity contribution in [2.75, 3.05) is 5.32 Å². The third kappa shape index (κ3) is 3.91. The van der Waals surface area contributed by atoms with Gasteiger partial charge in [-0.2, -0.15) is 5.10 Å². The molecule has 0 saturated carbocycles. The fourth-order valence-corrected chi connectivity index (χ4v) is 4.05. The van der Waals surface area contributed by atoms with Crippen molar-refractivity contribution >= 4 is 33.4 Å². The van der Waals surface area contributed by atoms with Gasteiger partial charge in [-0.3, -0.25) is 14.8 Å². The Morgan fingerprint density at radius 1 is 1.31 bits per heavy atom. The number of hydrogen-bond donors (Lipinski definition) is 1. The lowest BCUT2D eigenvalue weighted by atomic mass is 10.1. The molecule has 0 saturated heterocycles. The van der Waals surface area contributed by atoms with Crippen molar-refractivity contribution in [2.24, 2.45) is 7.05 Å². The average molecular weight is 411 g/mol. The maximum absolute atomic E-state index is 13.1. The summed E-state index contributed by atoms with van der Waals surface area (Å²) in [6.07, 6.45) is 5.85. The average Bonchev–Trinajstić information content (AvgIpc) is 3.44. The number of pyridine rings is 1. The molecule has 0 aliphatic rings. The largest absolute Gasteiger partial charge is 0.463 e. The summed E-state index contributed by atoms with van der Waals surface area (Å²) in [5.74, 6) is 0.325. The number of anilines is 1. The summed E-state index contributed by atoms with van der Waals surface area (Å²) >= 11 is 1.41. The molecular formula is C20H22N6O2S. The maximum Gasteiger partial charge on any atom is 0.258 e. The Hall–Kier alpha value is -3.07. The number of nitrogens with one attached hydrogen (secondary N) is 1. The fraction of sp³-hybridized carbons (Fsp3) is 0.350. The number of fused-ring (bicyclic) bond motifs is 1. The highest BCUT2D eigenvalue weighted by molar-refractivity contribution is 7.15. The van der Waals surface area contributed by atoms with Crippen molar-refractivity contribution in [3.63, 3.8) is 0 Å². The van der Waals surface area contributed by atoms with Crippen molar-refractivity contribution in [3.8, 4) is 11.5 Å². The normalized spacial score (nSPS) is 11.3. The number of rotatable bonds is 7. The molecule has 4 aromatic heterocycles. The molecular weight excluding hydrogens is 388 g/mol. The van der Waals surface area contributed by atoms with Gasteiger partial charge in [0.1, 0.15) is 10.7 Å². The van der Waals surface area contributed by atoms with Crippen LogP contribution in [0.5, 0.6) is 0 Å². The van der Waals surface area contributed by atoms with Crippen LogP contribution < -0.4 is 5.32 Å². The number of hydrogen-bond acceptors (Lipinski definition) is 7. The van der Waals surface area contributed by atoms with E-state index in [0.29, 0.717) is 33.2 Å².